The Hall–Kier alpha value is -2.14. The zero-order chi connectivity index (χ0) is 13.4. The molecule has 0 amide bonds. The van der Waals surface area contributed by atoms with Crippen molar-refractivity contribution < 1.29 is 5.11 Å². The molecule has 0 spiro atoms. The summed E-state index contributed by atoms with van der Waals surface area (Å²) in [6.45, 7) is 0. The summed E-state index contributed by atoms with van der Waals surface area (Å²) in [5.41, 5.74) is 6.81. The quantitative estimate of drug-likeness (QED) is 0.722. The Morgan fingerprint density at radius 3 is 2.68 bits per heavy atom. The van der Waals surface area contributed by atoms with Gasteiger partial charge in [0.15, 0.2) is 0 Å². The van der Waals surface area contributed by atoms with Gasteiger partial charge in [-0.2, -0.15) is 0 Å². The number of aromatic nitrogens is 2. The lowest BCUT2D eigenvalue weighted by Gasteiger charge is -2.07. The second-order valence-electron chi connectivity index (χ2n) is 4.16. The minimum atomic E-state index is 0.174. The second-order valence-corrected chi connectivity index (χ2v) is 5.08. The summed E-state index contributed by atoms with van der Waals surface area (Å²) in [6, 6.07) is 11.2. The summed E-state index contributed by atoms with van der Waals surface area (Å²) in [5.74, 6) is 0.360. The van der Waals surface area contributed by atoms with E-state index in [9.17, 15) is 5.11 Å². The summed E-state index contributed by atoms with van der Waals surface area (Å²) in [7, 11) is 0. The monoisotopic (exact) mass is 315 g/mol. The summed E-state index contributed by atoms with van der Waals surface area (Å²) in [5, 5.41) is 12.1. The zero-order valence-electron chi connectivity index (χ0n) is 9.84. The summed E-state index contributed by atoms with van der Waals surface area (Å²) >= 11 is 3.44. The molecule has 1 heterocycles. The van der Waals surface area contributed by atoms with Gasteiger partial charge in [0.2, 0.25) is 5.95 Å². The maximum Gasteiger partial charge on any atom is 0.220 e. The van der Waals surface area contributed by atoms with Crippen LogP contribution in [-0.2, 0) is 0 Å². The number of rotatable bonds is 1. The maximum absolute atomic E-state index is 10.1. The van der Waals surface area contributed by atoms with E-state index in [1.807, 2.05) is 24.3 Å². The van der Waals surface area contributed by atoms with Gasteiger partial charge >= 0.3 is 0 Å². The van der Waals surface area contributed by atoms with Crippen LogP contribution in [0.25, 0.3) is 22.0 Å². The number of phenols is 1. The smallest absolute Gasteiger partial charge is 0.220 e. The van der Waals surface area contributed by atoms with Crippen molar-refractivity contribution in [1.29, 1.82) is 0 Å². The lowest BCUT2D eigenvalue weighted by molar-refractivity contribution is 0.478. The van der Waals surface area contributed by atoms with Crippen molar-refractivity contribution in [1.82, 2.24) is 9.97 Å². The van der Waals surface area contributed by atoms with Crippen LogP contribution in [0.1, 0.15) is 0 Å². The molecule has 3 rings (SSSR count). The highest BCUT2D eigenvalue weighted by Gasteiger charge is 2.08. The molecule has 0 aliphatic rings. The Kier molecular flexibility index (Phi) is 2.83. The fourth-order valence-corrected chi connectivity index (χ4v) is 2.36. The van der Waals surface area contributed by atoms with Crippen LogP contribution in [0.2, 0.25) is 0 Å². The van der Waals surface area contributed by atoms with Crippen molar-refractivity contribution in [3.8, 4) is 17.0 Å². The number of nitrogens with two attached hydrogens (primary N) is 1. The molecule has 0 unspecified atom stereocenters. The van der Waals surface area contributed by atoms with Crippen LogP contribution in [-0.4, -0.2) is 15.1 Å². The maximum atomic E-state index is 10.1. The van der Waals surface area contributed by atoms with E-state index in [4.69, 9.17) is 5.73 Å². The first-order valence-electron chi connectivity index (χ1n) is 5.65. The van der Waals surface area contributed by atoms with Gasteiger partial charge in [-0.05, 0) is 41.1 Å². The van der Waals surface area contributed by atoms with Crippen LogP contribution >= 0.6 is 15.9 Å². The van der Waals surface area contributed by atoms with Crippen molar-refractivity contribution in [2.75, 3.05) is 5.73 Å². The Labute approximate surface area is 118 Å². The molecular weight excluding hydrogens is 306 g/mol. The molecule has 0 fully saturated rings. The highest BCUT2D eigenvalue weighted by Crippen LogP contribution is 2.33. The van der Waals surface area contributed by atoms with Crippen molar-refractivity contribution in [3.63, 3.8) is 0 Å². The minimum Gasteiger partial charge on any atom is -0.507 e. The number of anilines is 1. The fraction of sp³-hybridized carbons (Fsp3) is 0. The van der Waals surface area contributed by atoms with E-state index >= 15 is 0 Å². The van der Waals surface area contributed by atoms with Crippen LogP contribution in [0.4, 0.5) is 5.95 Å². The van der Waals surface area contributed by atoms with Gasteiger partial charge in [-0.3, -0.25) is 0 Å². The molecule has 19 heavy (non-hydrogen) atoms. The summed E-state index contributed by atoms with van der Waals surface area (Å²) < 4.78 is 0.985. The zero-order valence-corrected chi connectivity index (χ0v) is 11.4. The second kappa shape index (κ2) is 4.51. The van der Waals surface area contributed by atoms with Crippen molar-refractivity contribution in [2.24, 2.45) is 0 Å². The van der Waals surface area contributed by atoms with E-state index < -0.39 is 0 Å². The normalized spacial score (nSPS) is 10.8. The van der Waals surface area contributed by atoms with Crippen LogP contribution in [0.15, 0.2) is 47.1 Å². The number of halogens is 1. The van der Waals surface area contributed by atoms with Gasteiger partial charge in [-0.1, -0.05) is 22.0 Å². The third kappa shape index (κ3) is 2.24. The average molecular weight is 316 g/mol. The van der Waals surface area contributed by atoms with Crippen LogP contribution < -0.4 is 5.73 Å². The van der Waals surface area contributed by atoms with Crippen LogP contribution in [0.3, 0.4) is 0 Å². The van der Waals surface area contributed by atoms with E-state index in [-0.39, 0.29) is 11.7 Å². The van der Waals surface area contributed by atoms with Crippen molar-refractivity contribution in [3.05, 3.63) is 47.1 Å². The minimum absolute atomic E-state index is 0.174. The predicted molar refractivity (Wildman–Crippen MR) is 78.8 cm³/mol. The molecule has 4 nitrogen and oxygen atoms in total. The van der Waals surface area contributed by atoms with Gasteiger partial charge in [-0.25, -0.2) is 9.97 Å². The molecule has 0 saturated heterocycles. The molecule has 3 N–H and O–H groups in total. The van der Waals surface area contributed by atoms with Crippen LogP contribution in [0.5, 0.6) is 5.75 Å². The molecular formula is C14H10BrN3O. The van der Waals surface area contributed by atoms with Gasteiger partial charge in [0.1, 0.15) is 5.75 Å². The topological polar surface area (TPSA) is 72.0 Å². The third-order valence-corrected chi connectivity index (χ3v) is 3.36. The molecule has 0 atom stereocenters. The molecule has 5 heteroatoms. The van der Waals surface area contributed by atoms with Gasteiger partial charge in [0.05, 0.1) is 5.69 Å². The summed E-state index contributed by atoms with van der Waals surface area (Å²) in [6.07, 6.45) is 1.57. The molecule has 94 valence electrons. The molecule has 0 aliphatic carbocycles. The largest absolute Gasteiger partial charge is 0.507 e. The predicted octanol–water partition coefficient (Wildman–Crippen LogP) is 3.35. The highest BCUT2D eigenvalue weighted by atomic mass is 79.9. The molecule has 0 saturated carbocycles. The molecule has 1 aromatic heterocycles. The van der Waals surface area contributed by atoms with E-state index in [1.54, 1.807) is 18.3 Å². The number of fused-ring (bicyclic) bond motifs is 1. The van der Waals surface area contributed by atoms with E-state index in [1.165, 1.54) is 0 Å². The Bertz CT molecular complexity index is 774. The first kappa shape index (κ1) is 11.9. The number of benzene rings is 2. The lowest BCUT2D eigenvalue weighted by atomic mass is 10.0. The summed E-state index contributed by atoms with van der Waals surface area (Å²) in [4.78, 5) is 7.98. The number of nitrogen functional groups attached to an aromatic ring is 1. The van der Waals surface area contributed by atoms with Crippen molar-refractivity contribution in [2.45, 2.75) is 0 Å². The van der Waals surface area contributed by atoms with E-state index in [0.717, 1.165) is 15.2 Å². The SMILES string of the molecule is Nc1nccc(-c2cc3cc(Br)ccc3cc2O)n1. The molecule has 0 bridgehead atoms. The molecule has 3 aromatic rings. The Morgan fingerprint density at radius 1 is 1.05 bits per heavy atom. The van der Waals surface area contributed by atoms with E-state index in [0.29, 0.717) is 11.3 Å². The number of phenolic OH excluding ortho intramolecular Hbond substituents is 1. The number of hydrogen-bond acceptors (Lipinski definition) is 4. The van der Waals surface area contributed by atoms with E-state index in [2.05, 4.69) is 25.9 Å². The first-order valence-corrected chi connectivity index (χ1v) is 6.44. The Balaban J connectivity index is 2.26. The van der Waals surface area contributed by atoms with Gasteiger partial charge < -0.3 is 10.8 Å². The Morgan fingerprint density at radius 2 is 1.89 bits per heavy atom. The van der Waals surface area contributed by atoms with Gasteiger partial charge in [0, 0.05) is 16.2 Å². The van der Waals surface area contributed by atoms with Crippen LogP contribution in [0, 0.1) is 0 Å². The standard InChI is InChI=1S/C14H10BrN3O/c15-10-2-1-8-7-13(19)11(6-9(8)5-10)12-3-4-17-14(16)18-12/h1-7,19H,(H2,16,17,18). The average Bonchev–Trinajstić information content (AvgIpc) is 2.38. The molecule has 0 aliphatic heterocycles. The lowest BCUT2D eigenvalue weighted by Crippen LogP contribution is -1.95. The van der Waals surface area contributed by atoms with Gasteiger partial charge in [-0.15, -0.1) is 0 Å². The van der Waals surface area contributed by atoms with Crippen molar-refractivity contribution >= 4 is 32.7 Å². The number of nitrogens with zero attached hydrogens (tertiary/aromatic N) is 2. The third-order valence-electron chi connectivity index (χ3n) is 2.87. The number of aromatic hydroxyl groups is 1. The number of hydrogen-bond donors (Lipinski definition) is 2. The molecule has 0 radical (unpaired) electrons. The fourth-order valence-electron chi connectivity index (χ4n) is 1.99. The first-order chi connectivity index (χ1) is 9.13. The highest BCUT2D eigenvalue weighted by molar-refractivity contribution is 9.10. The molecule has 2 aromatic carbocycles. The van der Waals surface area contributed by atoms with Gasteiger partial charge in [0.25, 0.3) is 0 Å².